The van der Waals surface area contributed by atoms with E-state index >= 15 is 0 Å². The largest absolute Gasteiger partial charge is 0.397 e. The Labute approximate surface area is 109 Å². The summed E-state index contributed by atoms with van der Waals surface area (Å²) in [6, 6.07) is 6.21. The quantitative estimate of drug-likeness (QED) is 0.784. The van der Waals surface area contributed by atoms with Crippen LogP contribution in [-0.2, 0) is 0 Å². The minimum Gasteiger partial charge on any atom is -0.397 e. The summed E-state index contributed by atoms with van der Waals surface area (Å²) >= 11 is 0. The van der Waals surface area contributed by atoms with E-state index in [1.165, 1.54) is 5.56 Å². The number of rotatable bonds is 2. The fourth-order valence-corrected chi connectivity index (χ4v) is 2.14. The minimum atomic E-state index is 0.491. The van der Waals surface area contributed by atoms with Crippen molar-refractivity contribution in [1.29, 1.82) is 0 Å². The van der Waals surface area contributed by atoms with Crippen molar-refractivity contribution in [3.8, 4) is 0 Å². The highest BCUT2D eigenvalue weighted by atomic mass is 15.3. The highest BCUT2D eigenvalue weighted by molar-refractivity contribution is 5.71. The predicted octanol–water partition coefficient (Wildman–Crippen LogP) is 3.18. The number of benzene rings is 1. The molecule has 1 aromatic rings. The molecule has 1 saturated heterocycles. The predicted molar refractivity (Wildman–Crippen MR) is 78.3 cm³/mol. The lowest BCUT2D eigenvalue weighted by Gasteiger charge is -2.34. The Bertz CT molecular complexity index is 489. The average molecular weight is 243 g/mol. The molecule has 3 heteroatoms. The molecule has 0 aliphatic carbocycles. The van der Waals surface area contributed by atoms with Crippen molar-refractivity contribution >= 4 is 11.4 Å². The lowest BCUT2D eigenvalue weighted by Crippen LogP contribution is -2.37. The van der Waals surface area contributed by atoms with E-state index < -0.39 is 0 Å². The molecule has 96 valence electrons. The highest BCUT2D eigenvalue weighted by Crippen LogP contribution is 2.31. The summed E-state index contributed by atoms with van der Waals surface area (Å²) < 4.78 is 0. The van der Waals surface area contributed by atoms with Crippen LogP contribution in [0, 0.1) is 0 Å². The number of nitrogens with zero attached hydrogens (tertiary/aromatic N) is 1. The van der Waals surface area contributed by atoms with E-state index in [0.717, 1.165) is 35.9 Å². The molecular formula is C15H21N3. The van der Waals surface area contributed by atoms with E-state index in [1.54, 1.807) is 0 Å². The number of nitrogens with two attached hydrogens (primary N) is 1. The fourth-order valence-electron chi connectivity index (χ4n) is 2.14. The number of nitrogen functional groups attached to an aromatic ring is 1. The molecule has 1 aliphatic rings. The maximum atomic E-state index is 6.08. The second-order valence-corrected chi connectivity index (χ2v) is 5.05. The van der Waals surface area contributed by atoms with Crippen LogP contribution in [0.25, 0.3) is 0 Å². The Balaban J connectivity index is 2.35. The first-order valence-electron chi connectivity index (χ1n) is 6.29. The van der Waals surface area contributed by atoms with Crippen molar-refractivity contribution in [2.75, 3.05) is 17.2 Å². The van der Waals surface area contributed by atoms with Crippen LogP contribution in [0.1, 0.15) is 31.7 Å². The standard InChI is InChI=1S/C15H21N3/c1-10(2)13-5-6-14(16)15(9-13)18-8-7-11(3)17-12(18)4/h5-6,9-10,17H,3-4,7-8,16H2,1-2H3. The van der Waals surface area contributed by atoms with Gasteiger partial charge in [0, 0.05) is 18.7 Å². The van der Waals surface area contributed by atoms with Crippen LogP contribution in [0.2, 0.25) is 0 Å². The molecule has 1 aliphatic heterocycles. The third-order valence-electron chi connectivity index (χ3n) is 3.30. The van der Waals surface area contributed by atoms with Crippen LogP contribution >= 0.6 is 0 Å². The van der Waals surface area contributed by atoms with E-state index in [2.05, 4.69) is 49.4 Å². The number of hydrogen-bond acceptors (Lipinski definition) is 3. The molecule has 2 rings (SSSR count). The topological polar surface area (TPSA) is 41.3 Å². The summed E-state index contributed by atoms with van der Waals surface area (Å²) in [6.07, 6.45) is 0.907. The Hall–Kier alpha value is -1.90. The van der Waals surface area contributed by atoms with Crippen molar-refractivity contribution in [3.05, 3.63) is 48.4 Å². The zero-order chi connectivity index (χ0) is 13.3. The number of nitrogens with one attached hydrogen (secondary N) is 1. The highest BCUT2D eigenvalue weighted by Gasteiger charge is 2.19. The van der Waals surface area contributed by atoms with Crippen LogP contribution in [0.15, 0.2) is 42.9 Å². The third-order valence-corrected chi connectivity index (χ3v) is 3.30. The Morgan fingerprint density at radius 1 is 1.33 bits per heavy atom. The van der Waals surface area contributed by atoms with Gasteiger partial charge in [-0.1, -0.05) is 33.1 Å². The summed E-state index contributed by atoms with van der Waals surface area (Å²) in [4.78, 5) is 2.12. The molecule has 0 radical (unpaired) electrons. The van der Waals surface area contributed by atoms with Gasteiger partial charge in [0.1, 0.15) is 5.82 Å². The molecule has 1 heterocycles. The van der Waals surface area contributed by atoms with Gasteiger partial charge in [0.05, 0.1) is 11.4 Å². The lowest BCUT2D eigenvalue weighted by atomic mass is 10.0. The lowest BCUT2D eigenvalue weighted by molar-refractivity contribution is 0.710. The summed E-state index contributed by atoms with van der Waals surface area (Å²) in [5.74, 6) is 1.34. The Morgan fingerprint density at radius 2 is 2.06 bits per heavy atom. The summed E-state index contributed by atoms with van der Waals surface area (Å²) in [7, 11) is 0. The SMILES string of the molecule is C=C1CCN(c2cc(C(C)C)ccc2N)C(=C)N1. The number of hydrogen-bond donors (Lipinski definition) is 2. The average Bonchev–Trinajstić information content (AvgIpc) is 2.30. The molecule has 0 aromatic heterocycles. The van der Waals surface area contributed by atoms with Gasteiger partial charge in [-0.3, -0.25) is 0 Å². The first-order valence-corrected chi connectivity index (χ1v) is 6.29. The normalized spacial score (nSPS) is 16.1. The van der Waals surface area contributed by atoms with Gasteiger partial charge in [-0.15, -0.1) is 0 Å². The zero-order valence-electron chi connectivity index (χ0n) is 11.2. The van der Waals surface area contributed by atoms with Crippen LogP contribution in [0.5, 0.6) is 0 Å². The van der Waals surface area contributed by atoms with Crippen molar-refractivity contribution in [1.82, 2.24) is 5.32 Å². The van der Waals surface area contributed by atoms with Crippen LogP contribution < -0.4 is 16.0 Å². The summed E-state index contributed by atoms with van der Waals surface area (Å²) in [5.41, 5.74) is 10.2. The maximum absolute atomic E-state index is 6.08. The monoisotopic (exact) mass is 243 g/mol. The second-order valence-electron chi connectivity index (χ2n) is 5.05. The molecular weight excluding hydrogens is 222 g/mol. The van der Waals surface area contributed by atoms with Gasteiger partial charge >= 0.3 is 0 Å². The van der Waals surface area contributed by atoms with Gasteiger partial charge in [0.15, 0.2) is 0 Å². The van der Waals surface area contributed by atoms with Crippen molar-refractivity contribution < 1.29 is 0 Å². The van der Waals surface area contributed by atoms with Crippen LogP contribution in [0.4, 0.5) is 11.4 Å². The fraction of sp³-hybridized carbons (Fsp3) is 0.333. The Morgan fingerprint density at radius 3 is 2.67 bits per heavy atom. The molecule has 0 saturated carbocycles. The maximum Gasteiger partial charge on any atom is 0.103 e. The van der Waals surface area contributed by atoms with Gasteiger partial charge in [-0.25, -0.2) is 0 Å². The van der Waals surface area contributed by atoms with E-state index in [0.29, 0.717) is 5.92 Å². The van der Waals surface area contributed by atoms with Crippen molar-refractivity contribution in [2.45, 2.75) is 26.2 Å². The molecule has 18 heavy (non-hydrogen) atoms. The second kappa shape index (κ2) is 4.77. The van der Waals surface area contributed by atoms with Gasteiger partial charge in [0.25, 0.3) is 0 Å². The van der Waals surface area contributed by atoms with Gasteiger partial charge in [-0.05, 0) is 23.6 Å². The Kier molecular flexibility index (Phi) is 3.32. The van der Waals surface area contributed by atoms with E-state index in [9.17, 15) is 0 Å². The van der Waals surface area contributed by atoms with Crippen molar-refractivity contribution in [3.63, 3.8) is 0 Å². The molecule has 3 N–H and O–H groups in total. The van der Waals surface area contributed by atoms with Gasteiger partial charge in [-0.2, -0.15) is 0 Å². The first kappa shape index (κ1) is 12.6. The van der Waals surface area contributed by atoms with E-state index in [4.69, 9.17) is 5.73 Å². The molecule has 0 bridgehead atoms. The molecule has 1 fully saturated rings. The molecule has 1 aromatic carbocycles. The summed E-state index contributed by atoms with van der Waals surface area (Å²) in [6.45, 7) is 13.2. The van der Waals surface area contributed by atoms with Gasteiger partial charge < -0.3 is 16.0 Å². The van der Waals surface area contributed by atoms with Gasteiger partial charge in [0.2, 0.25) is 0 Å². The smallest absolute Gasteiger partial charge is 0.103 e. The zero-order valence-corrected chi connectivity index (χ0v) is 11.2. The number of anilines is 2. The molecule has 0 atom stereocenters. The third kappa shape index (κ3) is 2.35. The first-order chi connectivity index (χ1) is 8.49. The van der Waals surface area contributed by atoms with E-state index in [-0.39, 0.29) is 0 Å². The molecule has 3 nitrogen and oxygen atoms in total. The van der Waals surface area contributed by atoms with Crippen LogP contribution in [0.3, 0.4) is 0 Å². The molecule has 0 unspecified atom stereocenters. The van der Waals surface area contributed by atoms with Crippen molar-refractivity contribution in [2.24, 2.45) is 0 Å². The molecule has 0 spiro atoms. The molecule has 0 amide bonds. The van der Waals surface area contributed by atoms with E-state index in [1.807, 2.05) is 6.07 Å². The van der Waals surface area contributed by atoms with Crippen LogP contribution in [-0.4, -0.2) is 6.54 Å². The summed E-state index contributed by atoms with van der Waals surface area (Å²) in [5, 5.41) is 3.19. The minimum absolute atomic E-state index is 0.491.